The Labute approximate surface area is 138 Å². The molecule has 0 N–H and O–H groups in total. The summed E-state index contributed by atoms with van der Waals surface area (Å²) in [5.41, 5.74) is 6.04. The molecule has 1 unspecified atom stereocenters. The zero-order valence-electron chi connectivity index (χ0n) is 14.4. The van der Waals surface area contributed by atoms with Crippen LogP contribution in [0.3, 0.4) is 0 Å². The van der Waals surface area contributed by atoms with E-state index in [0.717, 1.165) is 13.1 Å². The number of aryl methyl sites for hydroxylation is 1. The van der Waals surface area contributed by atoms with E-state index in [1.54, 1.807) is 5.56 Å². The van der Waals surface area contributed by atoms with Gasteiger partial charge in [0.25, 0.3) is 0 Å². The maximum Gasteiger partial charge on any atom is 0.0872 e. The summed E-state index contributed by atoms with van der Waals surface area (Å²) in [5.74, 6) is 0. The van der Waals surface area contributed by atoms with Crippen LogP contribution in [-0.4, -0.2) is 22.6 Å². The summed E-state index contributed by atoms with van der Waals surface area (Å²) in [6.45, 7) is 9.42. The van der Waals surface area contributed by atoms with Crippen molar-refractivity contribution in [3.63, 3.8) is 0 Å². The van der Waals surface area contributed by atoms with Gasteiger partial charge in [-0.15, -0.1) is 0 Å². The number of nitriles is 1. The van der Waals surface area contributed by atoms with E-state index in [4.69, 9.17) is 5.26 Å². The third-order valence-corrected chi connectivity index (χ3v) is 5.62. The molecule has 23 heavy (non-hydrogen) atoms. The Balaban J connectivity index is 1.92. The number of rotatable bonds is 1. The zero-order chi connectivity index (χ0) is 16.2. The summed E-state index contributed by atoms with van der Waals surface area (Å²) >= 11 is 0. The topological polar surface area (TPSA) is 32.0 Å². The zero-order valence-corrected chi connectivity index (χ0v) is 14.4. The van der Waals surface area contributed by atoms with E-state index >= 15 is 0 Å². The fourth-order valence-electron chi connectivity index (χ4n) is 4.42. The summed E-state index contributed by atoms with van der Waals surface area (Å²) in [6.07, 6.45) is 3.61. The highest BCUT2D eigenvalue weighted by Crippen LogP contribution is 2.43. The molecule has 2 heterocycles. The molecule has 1 atom stereocenters. The molecular weight excluding hydrogens is 282 g/mol. The van der Waals surface area contributed by atoms with Crippen LogP contribution < -0.4 is 0 Å². The molecule has 120 valence electrons. The Morgan fingerprint density at radius 1 is 1.26 bits per heavy atom. The lowest BCUT2D eigenvalue weighted by Crippen LogP contribution is -2.39. The predicted octanol–water partition coefficient (Wildman–Crippen LogP) is 4.16. The molecular formula is C20H25N3. The van der Waals surface area contributed by atoms with E-state index in [-0.39, 0.29) is 5.41 Å². The van der Waals surface area contributed by atoms with E-state index in [0.29, 0.717) is 12.6 Å². The van der Waals surface area contributed by atoms with Crippen LogP contribution in [0.2, 0.25) is 0 Å². The molecule has 3 nitrogen and oxygen atoms in total. The molecule has 0 saturated heterocycles. The Hall–Kier alpha value is -1.79. The van der Waals surface area contributed by atoms with Gasteiger partial charge in [0.2, 0.25) is 0 Å². The Morgan fingerprint density at radius 2 is 2.09 bits per heavy atom. The van der Waals surface area contributed by atoms with Crippen LogP contribution in [0, 0.1) is 11.3 Å². The van der Waals surface area contributed by atoms with Crippen molar-refractivity contribution < 1.29 is 0 Å². The van der Waals surface area contributed by atoms with Crippen LogP contribution >= 0.6 is 0 Å². The minimum Gasteiger partial charge on any atom is -0.342 e. The lowest BCUT2D eigenvalue weighted by Gasteiger charge is -2.38. The van der Waals surface area contributed by atoms with Crippen molar-refractivity contribution in [1.29, 1.82) is 5.26 Å². The quantitative estimate of drug-likeness (QED) is 0.741. The summed E-state index contributed by atoms with van der Waals surface area (Å²) in [5, 5.41) is 10.6. The normalized spacial score (nSPS) is 21.2. The molecule has 0 saturated carbocycles. The average molecular weight is 307 g/mol. The Bertz CT molecular complexity index is 801. The van der Waals surface area contributed by atoms with Gasteiger partial charge in [-0.25, -0.2) is 0 Å². The smallest absolute Gasteiger partial charge is 0.0872 e. The molecule has 0 radical (unpaired) electrons. The molecule has 1 aromatic heterocycles. The van der Waals surface area contributed by atoms with Crippen molar-refractivity contribution >= 4 is 10.9 Å². The predicted molar refractivity (Wildman–Crippen MR) is 93.5 cm³/mol. The van der Waals surface area contributed by atoms with Crippen molar-refractivity contribution in [2.75, 3.05) is 13.1 Å². The van der Waals surface area contributed by atoms with E-state index < -0.39 is 0 Å². The highest BCUT2D eigenvalue weighted by atomic mass is 15.2. The fourth-order valence-corrected chi connectivity index (χ4v) is 4.42. The minimum atomic E-state index is 0.185. The second-order valence-electron chi connectivity index (χ2n) is 8.03. The molecule has 1 aromatic carbocycles. The first-order valence-corrected chi connectivity index (χ1v) is 8.77. The van der Waals surface area contributed by atoms with Gasteiger partial charge in [-0.3, -0.25) is 4.90 Å². The van der Waals surface area contributed by atoms with Crippen LogP contribution in [0.1, 0.15) is 56.5 Å². The number of hydrogen-bond donors (Lipinski definition) is 0. The number of benzene rings is 1. The molecule has 3 heteroatoms. The summed E-state index contributed by atoms with van der Waals surface area (Å²) < 4.78 is 2.54. The lowest BCUT2D eigenvalue weighted by molar-refractivity contribution is 0.160. The van der Waals surface area contributed by atoms with Crippen molar-refractivity contribution in [1.82, 2.24) is 9.47 Å². The van der Waals surface area contributed by atoms with Gasteiger partial charge in [0.15, 0.2) is 0 Å². The van der Waals surface area contributed by atoms with Crippen LogP contribution in [0.15, 0.2) is 18.2 Å². The van der Waals surface area contributed by atoms with Crippen molar-refractivity contribution in [2.45, 2.75) is 58.0 Å². The van der Waals surface area contributed by atoms with E-state index in [1.165, 1.54) is 41.4 Å². The summed E-state index contributed by atoms with van der Waals surface area (Å²) in [7, 11) is 0. The average Bonchev–Trinajstić information content (AvgIpc) is 2.85. The maximum atomic E-state index is 9.13. The van der Waals surface area contributed by atoms with Gasteiger partial charge in [0.05, 0.1) is 18.7 Å². The molecule has 2 aromatic rings. The van der Waals surface area contributed by atoms with Crippen molar-refractivity contribution in [3.05, 3.63) is 35.0 Å². The van der Waals surface area contributed by atoms with Gasteiger partial charge >= 0.3 is 0 Å². The number of fused-ring (bicyclic) bond motifs is 3. The summed E-state index contributed by atoms with van der Waals surface area (Å²) in [6, 6.07) is 9.85. The highest BCUT2D eigenvalue weighted by molar-refractivity contribution is 5.87. The van der Waals surface area contributed by atoms with Gasteiger partial charge in [-0.1, -0.05) is 26.8 Å². The number of aromatic nitrogens is 1. The van der Waals surface area contributed by atoms with Gasteiger partial charge in [0.1, 0.15) is 0 Å². The second kappa shape index (κ2) is 5.11. The van der Waals surface area contributed by atoms with Gasteiger partial charge in [0, 0.05) is 29.7 Å². The van der Waals surface area contributed by atoms with Crippen molar-refractivity contribution in [3.8, 4) is 6.07 Å². The molecule has 0 spiro atoms. The van der Waals surface area contributed by atoms with Gasteiger partial charge in [-0.05, 0) is 47.9 Å². The molecule has 0 bridgehead atoms. The monoisotopic (exact) mass is 307 g/mol. The van der Waals surface area contributed by atoms with Gasteiger partial charge in [-0.2, -0.15) is 5.26 Å². The third kappa shape index (κ3) is 2.20. The molecule has 1 aliphatic carbocycles. The number of hydrogen-bond acceptors (Lipinski definition) is 2. The largest absolute Gasteiger partial charge is 0.342 e. The fraction of sp³-hybridized carbons (Fsp3) is 0.550. The molecule has 2 aliphatic rings. The maximum absolute atomic E-state index is 9.13. The molecule has 1 aliphatic heterocycles. The Kier molecular flexibility index (Phi) is 3.28. The van der Waals surface area contributed by atoms with E-state index in [9.17, 15) is 0 Å². The van der Waals surface area contributed by atoms with Gasteiger partial charge < -0.3 is 4.57 Å². The molecule has 4 rings (SSSR count). The minimum absolute atomic E-state index is 0.185. The molecule has 0 fully saturated rings. The standard InChI is InChI=1S/C20H25N3/c1-20(2,3)14-7-8-17-16(13-14)15-5-4-6-18-19(15)23(17)12-11-22(18)10-9-21/h7-8,13,18H,4-6,10-12H2,1-3H3. The first-order valence-electron chi connectivity index (χ1n) is 8.77. The van der Waals surface area contributed by atoms with Crippen LogP contribution in [0.25, 0.3) is 10.9 Å². The first-order chi connectivity index (χ1) is 11.0. The first kappa shape index (κ1) is 14.8. The van der Waals surface area contributed by atoms with E-state index in [2.05, 4.69) is 54.5 Å². The third-order valence-electron chi connectivity index (χ3n) is 5.62. The van der Waals surface area contributed by atoms with Crippen LogP contribution in [-0.2, 0) is 18.4 Å². The lowest BCUT2D eigenvalue weighted by atomic mass is 9.85. The van der Waals surface area contributed by atoms with Crippen LogP contribution in [0.4, 0.5) is 0 Å². The SMILES string of the molecule is CC(C)(C)c1ccc2c(c1)c1c3n2CCN(CC#N)C3CCC1. The highest BCUT2D eigenvalue weighted by Gasteiger charge is 2.34. The van der Waals surface area contributed by atoms with E-state index in [1.807, 2.05) is 0 Å². The van der Waals surface area contributed by atoms with Crippen LogP contribution in [0.5, 0.6) is 0 Å². The Morgan fingerprint density at radius 3 is 2.83 bits per heavy atom. The summed E-state index contributed by atoms with van der Waals surface area (Å²) in [4.78, 5) is 2.38. The van der Waals surface area contributed by atoms with Crippen molar-refractivity contribution in [2.24, 2.45) is 0 Å². The molecule has 0 amide bonds. The number of nitrogens with zero attached hydrogens (tertiary/aromatic N) is 3. The second-order valence-corrected chi connectivity index (χ2v) is 8.03.